The van der Waals surface area contributed by atoms with Crippen LogP contribution in [0.1, 0.15) is 30.2 Å². The van der Waals surface area contributed by atoms with Crippen molar-refractivity contribution < 1.29 is 19.0 Å². The van der Waals surface area contributed by atoms with E-state index in [-0.39, 0.29) is 5.91 Å². The van der Waals surface area contributed by atoms with E-state index in [1.165, 1.54) is 0 Å². The van der Waals surface area contributed by atoms with Crippen molar-refractivity contribution in [2.45, 2.75) is 20.8 Å². The molecule has 8 nitrogen and oxygen atoms in total. The molecular weight excluding hydrogens is 348 g/mol. The summed E-state index contributed by atoms with van der Waals surface area (Å²) in [5, 5.41) is 3.18. The third-order valence-electron chi connectivity index (χ3n) is 4.04. The Morgan fingerprint density at radius 3 is 2.07 bits per heavy atom. The number of benzene rings is 1. The highest BCUT2D eigenvalue weighted by Gasteiger charge is 2.17. The van der Waals surface area contributed by atoms with Gasteiger partial charge in [-0.2, -0.15) is 0 Å². The van der Waals surface area contributed by atoms with E-state index in [9.17, 15) is 4.79 Å². The van der Waals surface area contributed by atoms with Crippen molar-refractivity contribution in [3.8, 4) is 17.2 Å². The number of rotatable bonds is 8. The Labute approximate surface area is 159 Å². The van der Waals surface area contributed by atoms with Crippen LogP contribution >= 0.6 is 0 Å². The molecule has 1 amide bonds. The number of hydrogen-bond acceptors (Lipinski definition) is 7. The van der Waals surface area contributed by atoms with Crippen LogP contribution in [0.3, 0.4) is 0 Å². The molecule has 0 aliphatic carbocycles. The number of aryl methyl sites for hydroxylation is 1. The van der Waals surface area contributed by atoms with Crippen LogP contribution in [0.5, 0.6) is 17.2 Å². The van der Waals surface area contributed by atoms with Crippen molar-refractivity contribution in [2.24, 2.45) is 0 Å². The van der Waals surface area contributed by atoms with Gasteiger partial charge in [-0.3, -0.25) is 4.79 Å². The summed E-state index contributed by atoms with van der Waals surface area (Å²) in [5.41, 5.74) is 1.03. The number of nitrogens with one attached hydrogen (secondary N) is 1. The summed E-state index contributed by atoms with van der Waals surface area (Å²) >= 11 is 0. The lowest BCUT2D eigenvalue weighted by molar-refractivity contribution is 0.0766. The molecule has 0 aliphatic rings. The minimum atomic E-state index is -0.126. The number of carbonyl (C=O) groups excluding carboxylic acids is 1. The maximum atomic E-state index is 12.6. The van der Waals surface area contributed by atoms with Crippen molar-refractivity contribution in [1.82, 2.24) is 14.9 Å². The van der Waals surface area contributed by atoms with Crippen molar-refractivity contribution >= 4 is 17.4 Å². The van der Waals surface area contributed by atoms with Gasteiger partial charge in [-0.05, 0) is 20.8 Å². The summed E-state index contributed by atoms with van der Waals surface area (Å²) < 4.78 is 16.1. The Morgan fingerprint density at radius 1 is 1.00 bits per heavy atom. The molecule has 0 bridgehead atoms. The molecule has 146 valence electrons. The fourth-order valence-electron chi connectivity index (χ4n) is 2.72. The first-order valence-corrected chi connectivity index (χ1v) is 8.69. The highest BCUT2D eigenvalue weighted by atomic mass is 16.5. The maximum absolute atomic E-state index is 12.6. The molecule has 8 heteroatoms. The van der Waals surface area contributed by atoms with Gasteiger partial charge < -0.3 is 24.4 Å². The number of methoxy groups -OCH3 is 3. The van der Waals surface area contributed by atoms with Gasteiger partial charge in [0.2, 0.25) is 5.75 Å². The smallest absolute Gasteiger partial charge is 0.272 e. The minimum absolute atomic E-state index is 0.126. The van der Waals surface area contributed by atoms with Crippen molar-refractivity contribution in [3.05, 3.63) is 29.7 Å². The first-order chi connectivity index (χ1) is 13.0. The highest BCUT2D eigenvalue weighted by molar-refractivity contribution is 5.93. The average Bonchev–Trinajstić information content (AvgIpc) is 2.67. The molecule has 0 radical (unpaired) electrons. The van der Waals surface area contributed by atoms with Crippen LogP contribution in [-0.4, -0.2) is 55.2 Å². The highest BCUT2D eigenvalue weighted by Crippen LogP contribution is 2.40. The Balaban J connectivity index is 2.39. The van der Waals surface area contributed by atoms with Crippen LogP contribution < -0.4 is 19.5 Å². The van der Waals surface area contributed by atoms with Crippen LogP contribution in [0.4, 0.5) is 11.5 Å². The molecule has 1 aromatic carbocycles. The summed E-state index contributed by atoms with van der Waals surface area (Å²) in [6, 6.07) is 5.17. The number of amides is 1. The number of aromatic nitrogens is 2. The van der Waals surface area contributed by atoms with Gasteiger partial charge in [0, 0.05) is 37.0 Å². The van der Waals surface area contributed by atoms with Crippen molar-refractivity contribution in [2.75, 3.05) is 39.7 Å². The van der Waals surface area contributed by atoms with Gasteiger partial charge in [-0.25, -0.2) is 9.97 Å². The zero-order chi connectivity index (χ0) is 20.0. The van der Waals surface area contributed by atoms with Gasteiger partial charge in [0.15, 0.2) is 11.5 Å². The zero-order valence-electron chi connectivity index (χ0n) is 16.6. The Bertz CT molecular complexity index is 781. The Hall–Kier alpha value is -3.03. The second-order valence-corrected chi connectivity index (χ2v) is 5.70. The van der Waals surface area contributed by atoms with Crippen LogP contribution in [-0.2, 0) is 0 Å². The molecule has 1 N–H and O–H groups in total. The van der Waals surface area contributed by atoms with Gasteiger partial charge >= 0.3 is 0 Å². The molecule has 2 aromatic rings. The molecule has 0 atom stereocenters. The van der Waals surface area contributed by atoms with Crippen LogP contribution in [0.25, 0.3) is 0 Å². The van der Waals surface area contributed by atoms with E-state index in [2.05, 4.69) is 15.3 Å². The topological polar surface area (TPSA) is 85.8 Å². The predicted molar refractivity (Wildman–Crippen MR) is 103 cm³/mol. The van der Waals surface area contributed by atoms with Gasteiger partial charge in [0.1, 0.15) is 17.3 Å². The molecule has 0 aliphatic heterocycles. The van der Waals surface area contributed by atoms with Crippen LogP contribution in [0, 0.1) is 6.92 Å². The minimum Gasteiger partial charge on any atom is -0.493 e. The molecular formula is C19H26N4O4. The van der Waals surface area contributed by atoms with Crippen LogP contribution in [0.2, 0.25) is 0 Å². The summed E-state index contributed by atoms with van der Waals surface area (Å²) in [4.78, 5) is 23.0. The predicted octanol–water partition coefficient (Wildman–Crippen LogP) is 3.04. The SMILES string of the molecule is CCN(CC)C(=O)c1cc(Nc2cc(OC)c(OC)c(OC)c2)nc(C)n1. The third-order valence-corrected chi connectivity index (χ3v) is 4.04. The molecule has 0 unspecified atom stereocenters. The molecule has 0 fully saturated rings. The zero-order valence-corrected chi connectivity index (χ0v) is 16.6. The number of carbonyl (C=O) groups is 1. The number of nitrogens with zero attached hydrogens (tertiary/aromatic N) is 3. The van der Waals surface area contributed by atoms with E-state index in [4.69, 9.17) is 14.2 Å². The summed E-state index contributed by atoms with van der Waals surface area (Å²) in [5.74, 6) is 2.42. The lowest BCUT2D eigenvalue weighted by atomic mass is 10.2. The number of hydrogen-bond donors (Lipinski definition) is 1. The second-order valence-electron chi connectivity index (χ2n) is 5.70. The largest absolute Gasteiger partial charge is 0.493 e. The van der Waals surface area contributed by atoms with Crippen molar-refractivity contribution in [1.29, 1.82) is 0 Å². The average molecular weight is 374 g/mol. The van der Waals surface area contributed by atoms with E-state index >= 15 is 0 Å². The van der Waals surface area contributed by atoms with Crippen LogP contribution in [0.15, 0.2) is 18.2 Å². The first-order valence-electron chi connectivity index (χ1n) is 8.69. The normalized spacial score (nSPS) is 10.3. The lowest BCUT2D eigenvalue weighted by Gasteiger charge is -2.19. The fourth-order valence-corrected chi connectivity index (χ4v) is 2.72. The van der Waals surface area contributed by atoms with Gasteiger partial charge in [-0.1, -0.05) is 0 Å². The molecule has 2 rings (SSSR count). The van der Waals surface area contributed by atoms with Gasteiger partial charge in [-0.15, -0.1) is 0 Å². The third kappa shape index (κ3) is 4.58. The second kappa shape index (κ2) is 9.07. The molecule has 1 heterocycles. The summed E-state index contributed by atoms with van der Waals surface area (Å²) in [6.07, 6.45) is 0. The standard InChI is InChI=1S/C19H26N4O4/c1-7-23(8-2)19(24)14-11-17(21-12(3)20-14)22-13-9-15(25-4)18(27-6)16(10-13)26-5/h9-11H,7-8H2,1-6H3,(H,20,21,22). The van der Waals surface area contributed by atoms with Gasteiger partial charge in [0.25, 0.3) is 5.91 Å². The molecule has 27 heavy (non-hydrogen) atoms. The fraction of sp³-hybridized carbons (Fsp3) is 0.421. The monoisotopic (exact) mass is 374 g/mol. The molecule has 1 aromatic heterocycles. The van der Waals surface area contributed by atoms with Gasteiger partial charge in [0.05, 0.1) is 21.3 Å². The van der Waals surface area contributed by atoms with E-state index in [0.29, 0.717) is 53.4 Å². The Morgan fingerprint density at radius 2 is 1.59 bits per heavy atom. The molecule has 0 spiro atoms. The van der Waals surface area contributed by atoms with E-state index in [1.54, 1.807) is 51.4 Å². The van der Waals surface area contributed by atoms with E-state index in [1.807, 2.05) is 13.8 Å². The van der Waals surface area contributed by atoms with E-state index < -0.39 is 0 Å². The van der Waals surface area contributed by atoms with Crippen molar-refractivity contribution in [3.63, 3.8) is 0 Å². The first kappa shape index (κ1) is 20.3. The van der Waals surface area contributed by atoms with E-state index in [0.717, 1.165) is 0 Å². The quantitative estimate of drug-likeness (QED) is 0.760. The lowest BCUT2D eigenvalue weighted by Crippen LogP contribution is -2.31. The molecule has 0 saturated carbocycles. The summed E-state index contributed by atoms with van der Waals surface area (Å²) in [6.45, 7) is 6.86. The Kier molecular flexibility index (Phi) is 6.81. The number of anilines is 2. The summed E-state index contributed by atoms with van der Waals surface area (Å²) in [7, 11) is 4.65. The number of ether oxygens (including phenoxy) is 3. The molecule has 0 saturated heterocycles. The maximum Gasteiger partial charge on any atom is 0.272 e.